The van der Waals surface area contributed by atoms with Gasteiger partial charge in [0.1, 0.15) is 0 Å². The Kier molecular flexibility index (Phi) is 6.80. The molecule has 5 nitrogen and oxygen atoms in total. The van der Waals surface area contributed by atoms with E-state index in [0.29, 0.717) is 27.5 Å². The minimum Gasteiger partial charge on any atom is -0.322 e. The Morgan fingerprint density at radius 3 is 2.17 bits per heavy atom. The van der Waals surface area contributed by atoms with E-state index in [9.17, 15) is 13.2 Å². The van der Waals surface area contributed by atoms with Crippen molar-refractivity contribution in [2.75, 3.05) is 15.9 Å². The highest BCUT2D eigenvalue weighted by Crippen LogP contribution is 2.25. The Morgan fingerprint density at radius 1 is 0.967 bits per heavy atom. The zero-order valence-electron chi connectivity index (χ0n) is 16.8. The van der Waals surface area contributed by atoms with Gasteiger partial charge in [-0.15, -0.1) is 0 Å². The van der Waals surface area contributed by atoms with E-state index in [1.807, 2.05) is 30.3 Å². The number of amides is 1. The quantitative estimate of drug-likeness (QED) is 0.552. The maximum Gasteiger partial charge on any atom is 0.255 e. The molecule has 0 heterocycles. The molecular weight excluding hydrogens is 420 g/mol. The highest BCUT2D eigenvalue weighted by atomic mass is 35.5. The van der Waals surface area contributed by atoms with Crippen molar-refractivity contribution < 1.29 is 13.2 Å². The van der Waals surface area contributed by atoms with Crippen LogP contribution in [-0.4, -0.2) is 20.6 Å². The molecule has 0 bridgehead atoms. The minimum atomic E-state index is -3.55. The number of nitrogens with zero attached hydrogens (tertiary/aromatic N) is 1. The van der Waals surface area contributed by atoms with Crippen LogP contribution in [0.25, 0.3) is 0 Å². The van der Waals surface area contributed by atoms with Crippen LogP contribution in [0.1, 0.15) is 28.4 Å². The van der Waals surface area contributed by atoms with Crippen molar-refractivity contribution in [3.63, 3.8) is 0 Å². The normalized spacial score (nSPS) is 11.2. The third kappa shape index (κ3) is 5.40. The van der Waals surface area contributed by atoms with E-state index in [1.165, 1.54) is 9.87 Å². The first-order valence-electron chi connectivity index (χ1n) is 9.49. The third-order valence-corrected chi connectivity index (χ3v) is 6.22. The van der Waals surface area contributed by atoms with Crippen LogP contribution < -0.4 is 9.62 Å². The van der Waals surface area contributed by atoms with Crippen molar-refractivity contribution >= 4 is 38.9 Å². The summed E-state index contributed by atoms with van der Waals surface area (Å²) in [5.74, 6) is -0.261. The number of sulfonamides is 1. The molecule has 0 fully saturated rings. The number of anilines is 2. The first-order chi connectivity index (χ1) is 14.3. The molecule has 0 saturated carbocycles. The fourth-order valence-electron chi connectivity index (χ4n) is 2.99. The summed E-state index contributed by atoms with van der Waals surface area (Å²) in [6.07, 6.45) is 2.07. The molecule has 0 radical (unpaired) electrons. The Hall–Kier alpha value is -2.83. The fourth-order valence-corrected chi connectivity index (χ4v) is 4.06. The van der Waals surface area contributed by atoms with Crippen LogP contribution in [0, 0.1) is 0 Å². The smallest absolute Gasteiger partial charge is 0.255 e. The van der Waals surface area contributed by atoms with E-state index in [4.69, 9.17) is 11.6 Å². The zero-order chi connectivity index (χ0) is 21.7. The molecule has 0 spiro atoms. The van der Waals surface area contributed by atoms with E-state index in [-0.39, 0.29) is 12.5 Å². The summed E-state index contributed by atoms with van der Waals surface area (Å²) in [7, 11) is -3.55. The molecule has 1 amide bonds. The molecule has 1 N–H and O–H groups in total. The van der Waals surface area contributed by atoms with Gasteiger partial charge in [0.2, 0.25) is 10.0 Å². The number of halogens is 1. The van der Waals surface area contributed by atoms with Gasteiger partial charge in [-0.1, -0.05) is 48.9 Å². The zero-order valence-corrected chi connectivity index (χ0v) is 18.4. The van der Waals surface area contributed by atoms with E-state index in [0.717, 1.165) is 12.7 Å². The number of benzene rings is 3. The van der Waals surface area contributed by atoms with Gasteiger partial charge in [-0.05, 0) is 60.0 Å². The molecule has 3 aromatic rings. The van der Waals surface area contributed by atoms with Gasteiger partial charge in [0, 0.05) is 16.3 Å². The van der Waals surface area contributed by atoms with Crippen molar-refractivity contribution in [1.82, 2.24) is 0 Å². The van der Waals surface area contributed by atoms with Crippen LogP contribution in [0.5, 0.6) is 0 Å². The van der Waals surface area contributed by atoms with E-state index < -0.39 is 10.0 Å². The van der Waals surface area contributed by atoms with Crippen molar-refractivity contribution in [2.24, 2.45) is 0 Å². The van der Waals surface area contributed by atoms with E-state index in [1.54, 1.807) is 42.5 Å². The van der Waals surface area contributed by atoms with E-state index >= 15 is 0 Å². The van der Waals surface area contributed by atoms with Gasteiger partial charge >= 0.3 is 0 Å². The largest absolute Gasteiger partial charge is 0.322 e. The second-order valence-electron chi connectivity index (χ2n) is 6.91. The van der Waals surface area contributed by atoms with Gasteiger partial charge in [0.25, 0.3) is 5.91 Å². The second kappa shape index (κ2) is 9.32. The predicted molar refractivity (Wildman–Crippen MR) is 123 cm³/mol. The number of rotatable bonds is 7. The molecule has 156 valence electrons. The van der Waals surface area contributed by atoms with Crippen LogP contribution in [-0.2, 0) is 23.0 Å². The second-order valence-corrected chi connectivity index (χ2v) is 9.23. The molecule has 3 aromatic carbocycles. The van der Waals surface area contributed by atoms with Crippen LogP contribution in [0.4, 0.5) is 11.4 Å². The summed E-state index contributed by atoms with van der Waals surface area (Å²) in [4.78, 5) is 12.5. The molecule has 0 unspecified atom stereocenters. The lowest BCUT2D eigenvalue weighted by Gasteiger charge is -2.23. The van der Waals surface area contributed by atoms with Crippen LogP contribution in [0.3, 0.4) is 0 Å². The topological polar surface area (TPSA) is 66.5 Å². The van der Waals surface area contributed by atoms with Gasteiger partial charge < -0.3 is 5.32 Å². The highest BCUT2D eigenvalue weighted by molar-refractivity contribution is 7.92. The lowest BCUT2D eigenvalue weighted by atomic mass is 10.1. The molecule has 0 aliphatic heterocycles. The van der Waals surface area contributed by atoms with Gasteiger partial charge in [-0.3, -0.25) is 9.10 Å². The Bertz CT molecular complexity index is 1130. The van der Waals surface area contributed by atoms with Crippen molar-refractivity contribution in [3.8, 4) is 0 Å². The summed E-state index contributed by atoms with van der Waals surface area (Å²) in [6.45, 7) is 2.18. The summed E-state index contributed by atoms with van der Waals surface area (Å²) < 4.78 is 26.0. The summed E-state index contributed by atoms with van der Waals surface area (Å²) in [5.41, 5.74) is 3.49. The summed E-state index contributed by atoms with van der Waals surface area (Å²) >= 11 is 6.19. The molecule has 0 saturated heterocycles. The molecule has 0 aliphatic rings. The molecule has 0 atom stereocenters. The van der Waals surface area contributed by atoms with Crippen molar-refractivity contribution in [3.05, 3.63) is 94.5 Å². The maximum absolute atomic E-state index is 12.5. The number of aryl methyl sites for hydroxylation is 1. The average molecular weight is 443 g/mol. The SMILES string of the molecule is CCc1ccc(NC(=O)c2ccc(N(Cc3ccccc3Cl)S(C)(=O)=O)cc2)cc1. The van der Waals surface area contributed by atoms with Gasteiger partial charge in [0.05, 0.1) is 18.5 Å². The molecular formula is C23H23ClN2O3S. The number of nitrogens with one attached hydrogen (secondary N) is 1. The van der Waals surface area contributed by atoms with Gasteiger partial charge in [0.15, 0.2) is 0 Å². The van der Waals surface area contributed by atoms with Crippen molar-refractivity contribution in [2.45, 2.75) is 19.9 Å². The molecule has 3 rings (SSSR count). The Balaban J connectivity index is 1.79. The standard InChI is InChI=1S/C23H23ClN2O3S/c1-3-17-8-12-20(13-9-17)25-23(27)18-10-14-21(15-11-18)26(30(2,28)29)16-19-6-4-5-7-22(19)24/h4-15H,3,16H2,1-2H3,(H,25,27). The first-order valence-corrected chi connectivity index (χ1v) is 11.7. The van der Waals surface area contributed by atoms with Gasteiger partial charge in [-0.2, -0.15) is 0 Å². The van der Waals surface area contributed by atoms with Gasteiger partial charge in [-0.25, -0.2) is 8.42 Å². The van der Waals surface area contributed by atoms with Crippen LogP contribution in [0.2, 0.25) is 5.02 Å². The average Bonchev–Trinajstić information content (AvgIpc) is 2.73. The van der Waals surface area contributed by atoms with E-state index in [2.05, 4.69) is 12.2 Å². The Labute approximate surface area is 182 Å². The first kappa shape index (κ1) is 21.9. The summed E-state index contributed by atoms with van der Waals surface area (Å²) in [6, 6.07) is 21.2. The number of hydrogen-bond donors (Lipinski definition) is 1. The number of carbonyl (C=O) groups is 1. The fraction of sp³-hybridized carbons (Fsp3) is 0.174. The monoisotopic (exact) mass is 442 g/mol. The lowest BCUT2D eigenvalue weighted by Crippen LogP contribution is -2.29. The highest BCUT2D eigenvalue weighted by Gasteiger charge is 2.19. The van der Waals surface area contributed by atoms with Crippen LogP contribution >= 0.6 is 11.6 Å². The third-order valence-electron chi connectivity index (χ3n) is 4.71. The molecule has 0 aliphatic carbocycles. The number of hydrogen-bond acceptors (Lipinski definition) is 3. The predicted octanol–water partition coefficient (Wildman–Crippen LogP) is 5.12. The number of carbonyl (C=O) groups excluding carboxylic acids is 1. The molecule has 30 heavy (non-hydrogen) atoms. The van der Waals surface area contributed by atoms with Crippen LogP contribution in [0.15, 0.2) is 72.8 Å². The minimum absolute atomic E-state index is 0.105. The maximum atomic E-state index is 12.5. The lowest BCUT2D eigenvalue weighted by molar-refractivity contribution is 0.102. The molecule has 0 aromatic heterocycles. The Morgan fingerprint density at radius 2 is 1.60 bits per heavy atom. The summed E-state index contributed by atoms with van der Waals surface area (Å²) in [5, 5.41) is 3.34. The molecule has 7 heteroatoms. The van der Waals surface area contributed by atoms with Crippen molar-refractivity contribution in [1.29, 1.82) is 0 Å².